The predicted octanol–water partition coefficient (Wildman–Crippen LogP) is 9.82. The zero-order chi connectivity index (χ0) is 23.9. The molecule has 2 nitrogen and oxygen atoms in total. The van der Waals surface area contributed by atoms with Crippen molar-refractivity contribution < 1.29 is 4.42 Å². The summed E-state index contributed by atoms with van der Waals surface area (Å²) in [4.78, 5) is 0. The molecule has 7 aromatic rings. The van der Waals surface area contributed by atoms with Crippen molar-refractivity contribution in [1.29, 1.82) is 0 Å². The van der Waals surface area contributed by atoms with Crippen molar-refractivity contribution >= 4 is 44.1 Å². The Hall–Kier alpha value is -4.82. The molecule has 0 spiro atoms. The van der Waals surface area contributed by atoms with E-state index in [0.29, 0.717) is 0 Å². The number of hydrogen-bond donors (Lipinski definition) is 1. The fraction of sp³-hybridized carbons (Fsp3) is 0. The zero-order valence-electron chi connectivity index (χ0n) is 19.6. The lowest BCUT2D eigenvalue weighted by atomic mass is 9.98. The van der Waals surface area contributed by atoms with Crippen LogP contribution in [0, 0.1) is 0 Å². The van der Waals surface area contributed by atoms with Gasteiger partial charge in [0.25, 0.3) is 0 Å². The Balaban J connectivity index is 1.31. The summed E-state index contributed by atoms with van der Waals surface area (Å²) in [6.45, 7) is 0. The molecule has 0 unspecified atom stereocenters. The van der Waals surface area contributed by atoms with Gasteiger partial charge in [0.1, 0.15) is 11.2 Å². The standard InChI is InChI=1S/C34H23NO/c1-2-9-24(10-3-1)29-21-22-31(33-30-14-6-7-16-32(30)36-34(29)33)35-26-19-17-25(18-20-26)28-15-8-12-23-11-4-5-13-27(23)28/h1-22,35H. The molecular weight excluding hydrogens is 438 g/mol. The molecule has 0 saturated heterocycles. The summed E-state index contributed by atoms with van der Waals surface area (Å²) < 4.78 is 6.39. The Morgan fingerprint density at radius 2 is 1.17 bits per heavy atom. The molecule has 36 heavy (non-hydrogen) atoms. The molecule has 7 rings (SSSR count). The van der Waals surface area contributed by atoms with Gasteiger partial charge >= 0.3 is 0 Å². The fourth-order valence-corrected chi connectivity index (χ4v) is 5.14. The van der Waals surface area contributed by atoms with Crippen LogP contribution < -0.4 is 5.32 Å². The van der Waals surface area contributed by atoms with E-state index in [1.807, 2.05) is 18.2 Å². The number of hydrogen-bond acceptors (Lipinski definition) is 2. The van der Waals surface area contributed by atoms with E-state index in [9.17, 15) is 0 Å². The van der Waals surface area contributed by atoms with Gasteiger partial charge in [-0.05, 0) is 57.8 Å². The van der Waals surface area contributed by atoms with Gasteiger partial charge in [0, 0.05) is 16.6 Å². The largest absolute Gasteiger partial charge is 0.455 e. The molecule has 0 saturated carbocycles. The number of rotatable bonds is 4. The minimum absolute atomic E-state index is 0.894. The first-order valence-electron chi connectivity index (χ1n) is 12.2. The van der Waals surface area contributed by atoms with Crippen molar-refractivity contribution in [3.8, 4) is 22.3 Å². The summed E-state index contributed by atoms with van der Waals surface area (Å²) >= 11 is 0. The van der Waals surface area contributed by atoms with E-state index in [1.54, 1.807) is 0 Å². The van der Waals surface area contributed by atoms with Crippen LogP contribution in [0.3, 0.4) is 0 Å². The third-order valence-electron chi connectivity index (χ3n) is 6.88. The average molecular weight is 462 g/mol. The summed E-state index contributed by atoms with van der Waals surface area (Å²) in [5, 5.41) is 8.39. The molecule has 2 heteroatoms. The van der Waals surface area contributed by atoms with E-state index in [0.717, 1.165) is 44.4 Å². The highest BCUT2D eigenvalue weighted by Gasteiger charge is 2.16. The molecule has 0 aliphatic carbocycles. The van der Waals surface area contributed by atoms with Crippen molar-refractivity contribution in [2.75, 3.05) is 5.32 Å². The van der Waals surface area contributed by atoms with E-state index in [2.05, 4.69) is 121 Å². The summed E-state index contributed by atoms with van der Waals surface area (Å²) in [7, 11) is 0. The third kappa shape index (κ3) is 3.43. The van der Waals surface area contributed by atoms with E-state index >= 15 is 0 Å². The topological polar surface area (TPSA) is 25.2 Å². The maximum atomic E-state index is 6.39. The van der Waals surface area contributed by atoms with Crippen LogP contribution in [0.15, 0.2) is 138 Å². The normalized spacial score (nSPS) is 11.3. The van der Waals surface area contributed by atoms with Gasteiger partial charge in [0.05, 0.1) is 11.1 Å². The van der Waals surface area contributed by atoms with E-state index in [4.69, 9.17) is 4.42 Å². The maximum absolute atomic E-state index is 6.39. The van der Waals surface area contributed by atoms with Gasteiger partial charge in [-0.2, -0.15) is 0 Å². The van der Waals surface area contributed by atoms with Crippen LogP contribution in [0.5, 0.6) is 0 Å². The summed E-state index contributed by atoms with van der Waals surface area (Å²) in [5.74, 6) is 0. The van der Waals surface area contributed by atoms with Crippen LogP contribution in [-0.2, 0) is 0 Å². The van der Waals surface area contributed by atoms with Crippen LogP contribution in [0.4, 0.5) is 11.4 Å². The Bertz CT molecular complexity index is 1840. The van der Waals surface area contributed by atoms with Gasteiger partial charge < -0.3 is 9.73 Å². The Morgan fingerprint density at radius 3 is 2.03 bits per heavy atom. The summed E-state index contributed by atoms with van der Waals surface area (Å²) in [5.41, 5.74) is 8.56. The molecular formula is C34H23NO. The van der Waals surface area contributed by atoms with Crippen LogP contribution in [-0.4, -0.2) is 0 Å². The monoisotopic (exact) mass is 461 g/mol. The van der Waals surface area contributed by atoms with Crippen LogP contribution >= 0.6 is 0 Å². The minimum atomic E-state index is 0.894. The quantitative estimate of drug-likeness (QED) is 0.282. The van der Waals surface area contributed by atoms with Crippen molar-refractivity contribution in [1.82, 2.24) is 0 Å². The number of anilines is 2. The average Bonchev–Trinajstić information content (AvgIpc) is 3.34. The predicted molar refractivity (Wildman–Crippen MR) is 152 cm³/mol. The van der Waals surface area contributed by atoms with E-state index in [-0.39, 0.29) is 0 Å². The molecule has 0 aliphatic rings. The second kappa shape index (κ2) is 8.44. The lowest BCUT2D eigenvalue weighted by molar-refractivity contribution is 0.670. The molecule has 0 aliphatic heterocycles. The summed E-state index contributed by atoms with van der Waals surface area (Å²) in [6, 6.07) is 46.6. The highest BCUT2D eigenvalue weighted by atomic mass is 16.3. The Labute approximate surface area is 209 Å². The molecule has 1 heterocycles. The molecule has 0 fully saturated rings. The first-order chi connectivity index (χ1) is 17.8. The second-order valence-corrected chi connectivity index (χ2v) is 9.06. The van der Waals surface area contributed by atoms with Crippen molar-refractivity contribution in [2.24, 2.45) is 0 Å². The van der Waals surface area contributed by atoms with Gasteiger partial charge in [-0.15, -0.1) is 0 Å². The molecule has 0 bridgehead atoms. The van der Waals surface area contributed by atoms with E-state index in [1.165, 1.54) is 21.9 Å². The van der Waals surface area contributed by atoms with Crippen LogP contribution in [0.2, 0.25) is 0 Å². The first kappa shape index (κ1) is 20.5. The van der Waals surface area contributed by atoms with E-state index < -0.39 is 0 Å². The van der Waals surface area contributed by atoms with Gasteiger partial charge in [-0.25, -0.2) is 0 Å². The van der Waals surface area contributed by atoms with Crippen molar-refractivity contribution in [3.05, 3.63) is 133 Å². The molecule has 1 N–H and O–H groups in total. The molecule has 0 amide bonds. The first-order valence-corrected chi connectivity index (χ1v) is 12.2. The third-order valence-corrected chi connectivity index (χ3v) is 6.88. The molecule has 170 valence electrons. The van der Waals surface area contributed by atoms with Crippen LogP contribution in [0.25, 0.3) is 55.0 Å². The lowest BCUT2D eigenvalue weighted by Gasteiger charge is -2.12. The highest BCUT2D eigenvalue weighted by Crippen LogP contribution is 2.41. The highest BCUT2D eigenvalue weighted by molar-refractivity contribution is 6.16. The summed E-state index contributed by atoms with van der Waals surface area (Å²) in [6.07, 6.45) is 0. The Morgan fingerprint density at radius 1 is 0.472 bits per heavy atom. The number of para-hydroxylation sites is 1. The van der Waals surface area contributed by atoms with Gasteiger partial charge in [0.15, 0.2) is 0 Å². The zero-order valence-corrected chi connectivity index (χ0v) is 19.6. The molecule has 0 atom stereocenters. The minimum Gasteiger partial charge on any atom is -0.455 e. The second-order valence-electron chi connectivity index (χ2n) is 9.06. The maximum Gasteiger partial charge on any atom is 0.145 e. The lowest BCUT2D eigenvalue weighted by Crippen LogP contribution is -1.92. The van der Waals surface area contributed by atoms with Crippen molar-refractivity contribution in [2.45, 2.75) is 0 Å². The van der Waals surface area contributed by atoms with Crippen molar-refractivity contribution in [3.63, 3.8) is 0 Å². The SMILES string of the molecule is c1ccc(-c2ccc(Nc3ccc(-c4cccc5ccccc45)cc3)c3c2oc2ccccc23)cc1. The van der Waals surface area contributed by atoms with Gasteiger partial charge in [-0.3, -0.25) is 0 Å². The molecule has 1 aromatic heterocycles. The Kier molecular flexibility index (Phi) is 4.82. The fourth-order valence-electron chi connectivity index (χ4n) is 5.14. The van der Waals surface area contributed by atoms with Gasteiger partial charge in [-0.1, -0.05) is 103 Å². The molecule has 0 radical (unpaired) electrons. The number of furan rings is 1. The number of nitrogens with one attached hydrogen (secondary N) is 1. The number of fused-ring (bicyclic) bond motifs is 4. The smallest absolute Gasteiger partial charge is 0.145 e. The number of benzene rings is 6. The molecule has 6 aromatic carbocycles. The van der Waals surface area contributed by atoms with Gasteiger partial charge in [0.2, 0.25) is 0 Å². The van der Waals surface area contributed by atoms with Crippen LogP contribution in [0.1, 0.15) is 0 Å².